The van der Waals surface area contributed by atoms with Crippen molar-refractivity contribution in [1.82, 2.24) is 0 Å². The number of ether oxygens (including phenoxy) is 2. The fourth-order valence-electron chi connectivity index (χ4n) is 2.03. The van der Waals surface area contributed by atoms with Gasteiger partial charge in [-0.1, -0.05) is 37.7 Å². The van der Waals surface area contributed by atoms with Crippen LogP contribution in [0.1, 0.15) is 25.0 Å². The Morgan fingerprint density at radius 3 is 2.12 bits per heavy atom. The second-order valence-corrected chi connectivity index (χ2v) is 5.95. The molecule has 2 aromatic carbocycles. The van der Waals surface area contributed by atoms with E-state index in [1.807, 2.05) is 51.1 Å². The predicted molar refractivity (Wildman–Crippen MR) is 97.5 cm³/mol. The van der Waals surface area contributed by atoms with Gasteiger partial charge in [-0.15, -0.1) is 0 Å². The first-order valence-electron chi connectivity index (χ1n) is 7.74. The minimum absolute atomic E-state index is 0.00369. The van der Waals surface area contributed by atoms with Crippen molar-refractivity contribution in [2.24, 2.45) is 0 Å². The van der Waals surface area contributed by atoms with Crippen molar-refractivity contribution in [2.75, 3.05) is 14.2 Å². The van der Waals surface area contributed by atoms with E-state index in [-0.39, 0.29) is 6.42 Å². The van der Waals surface area contributed by atoms with Crippen molar-refractivity contribution < 1.29 is 19.4 Å². The van der Waals surface area contributed by atoms with E-state index in [2.05, 4.69) is 0 Å². The molecule has 0 saturated heterocycles. The second-order valence-electron chi connectivity index (χ2n) is 4.83. The highest BCUT2D eigenvalue weighted by molar-refractivity contribution is 7.99. The minimum Gasteiger partial charge on any atom is -0.497 e. The maximum absolute atomic E-state index is 11.0. The van der Waals surface area contributed by atoms with Crippen LogP contribution in [0.25, 0.3) is 0 Å². The molecule has 130 valence electrons. The molecule has 0 heterocycles. The van der Waals surface area contributed by atoms with Gasteiger partial charge in [0.2, 0.25) is 0 Å². The first-order valence-corrected chi connectivity index (χ1v) is 8.55. The van der Waals surface area contributed by atoms with Gasteiger partial charge in [0.15, 0.2) is 0 Å². The highest BCUT2D eigenvalue weighted by Crippen LogP contribution is 2.36. The van der Waals surface area contributed by atoms with Gasteiger partial charge in [-0.05, 0) is 36.2 Å². The van der Waals surface area contributed by atoms with Gasteiger partial charge in [-0.2, -0.15) is 0 Å². The molecule has 0 atom stereocenters. The summed E-state index contributed by atoms with van der Waals surface area (Å²) in [5.74, 6) is 0.567. The zero-order chi connectivity index (χ0) is 18.1. The Labute approximate surface area is 147 Å². The van der Waals surface area contributed by atoms with Gasteiger partial charge >= 0.3 is 5.97 Å². The van der Waals surface area contributed by atoms with Crippen molar-refractivity contribution in [3.63, 3.8) is 0 Å². The topological polar surface area (TPSA) is 55.8 Å². The number of carboxylic acids is 1. The van der Waals surface area contributed by atoms with Crippen molar-refractivity contribution in [2.45, 2.75) is 37.0 Å². The highest BCUT2D eigenvalue weighted by atomic mass is 32.2. The van der Waals surface area contributed by atoms with E-state index in [1.54, 1.807) is 20.3 Å². The molecule has 0 aliphatic rings. The Hall–Kier alpha value is -2.14. The number of carboxylic acid groups (broad SMARTS) is 1. The van der Waals surface area contributed by atoms with Crippen LogP contribution in [-0.2, 0) is 11.2 Å². The minimum atomic E-state index is -0.839. The average molecular weight is 348 g/mol. The summed E-state index contributed by atoms with van der Waals surface area (Å²) in [6, 6.07) is 11.4. The van der Waals surface area contributed by atoms with Gasteiger partial charge in [0.05, 0.1) is 20.6 Å². The summed E-state index contributed by atoms with van der Waals surface area (Å²) in [6.45, 7) is 5.99. The summed E-state index contributed by atoms with van der Waals surface area (Å²) in [4.78, 5) is 12.9. The molecule has 0 saturated carbocycles. The van der Waals surface area contributed by atoms with Crippen molar-refractivity contribution >= 4 is 17.7 Å². The molecule has 0 amide bonds. The smallest absolute Gasteiger partial charge is 0.307 e. The molecule has 2 aromatic rings. The van der Waals surface area contributed by atoms with Gasteiger partial charge in [0, 0.05) is 15.9 Å². The lowest BCUT2D eigenvalue weighted by atomic mass is 10.1. The first kappa shape index (κ1) is 19.9. The normalized spacial score (nSPS) is 9.71. The van der Waals surface area contributed by atoms with Crippen LogP contribution in [0.2, 0.25) is 0 Å². The van der Waals surface area contributed by atoms with Crippen LogP contribution in [0.15, 0.2) is 46.2 Å². The van der Waals surface area contributed by atoms with E-state index in [1.165, 1.54) is 11.8 Å². The molecule has 0 fully saturated rings. The van der Waals surface area contributed by atoms with E-state index in [0.717, 1.165) is 20.9 Å². The molecule has 0 aliphatic carbocycles. The average Bonchev–Trinajstić information content (AvgIpc) is 2.58. The summed E-state index contributed by atoms with van der Waals surface area (Å²) in [7, 11) is 3.21. The van der Waals surface area contributed by atoms with Gasteiger partial charge in [0.1, 0.15) is 11.5 Å². The van der Waals surface area contributed by atoms with Crippen LogP contribution in [0, 0.1) is 6.92 Å². The molecule has 5 heteroatoms. The third kappa shape index (κ3) is 5.81. The molecule has 0 aromatic heterocycles. The Morgan fingerprint density at radius 1 is 1.04 bits per heavy atom. The molecule has 0 spiro atoms. The van der Waals surface area contributed by atoms with E-state index in [0.29, 0.717) is 11.5 Å². The number of hydrogen-bond donors (Lipinski definition) is 1. The fourth-order valence-corrected chi connectivity index (χ4v) is 3.15. The van der Waals surface area contributed by atoms with Crippen LogP contribution in [0.3, 0.4) is 0 Å². The summed E-state index contributed by atoms with van der Waals surface area (Å²) in [6.07, 6.45) is 0.00369. The van der Waals surface area contributed by atoms with Crippen molar-refractivity contribution in [3.8, 4) is 11.5 Å². The number of carbonyl (C=O) groups is 1. The molecule has 0 radical (unpaired) electrons. The largest absolute Gasteiger partial charge is 0.497 e. The molecule has 4 nitrogen and oxygen atoms in total. The van der Waals surface area contributed by atoms with Gasteiger partial charge < -0.3 is 14.6 Å². The van der Waals surface area contributed by atoms with E-state index in [4.69, 9.17) is 14.6 Å². The second kappa shape index (κ2) is 9.88. The zero-order valence-electron chi connectivity index (χ0n) is 14.8. The molecular formula is C19H24O4S. The molecule has 0 aliphatic heterocycles. The molecule has 24 heavy (non-hydrogen) atoms. The maximum atomic E-state index is 11.0. The lowest BCUT2D eigenvalue weighted by Gasteiger charge is -2.11. The third-order valence-corrected chi connectivity index (χ3v) is 4.19. The van der Waals surface area contributed by atoms with Crippen LogP contribution < -0.4 is 9.47 Å². The maximum Gasteiger partial charge on any atom is 0.307 e. The van der Waals surface area contributed by atoms with Crippen molar-refractivity contribution in [3.05, 3.63) is 47.5 Å². The molecule has 0 unspecified atom stereocenters. The Bertz CT molecular complexity index is 661. The third-order valence-electron chi connectivity index (χ3n) is 3.12. The number of methoxy groups -OCH3 is 2. The number of hydrogen-bond acceptors (Lipinski definition) is 4. The Morgan fingerprint density at radius 2 is 1.62 bits per heavy atom. The van der Waals surface area contributed by atoms with Crippen LogP contribution in [0.4, 0.5) is 0 Å². The number of benzene rings is 2. The Balaban J connectivity index is 0.00000139. The summed E-state index contributed by atoms with van der Waals surface area (Å²) in [5, 5.41) is 9.04. The quantitative estimate of drug-likeness (QED) is 0.811. The van der Waals surface area contributed by atoms with Crippen LogP contribution >= 0.6 is 11.8 Å². The van der Waals surface area contributed by atoms with Gasteiger partial charge in [-0.25, -0.2) is 0 Å². The number of rotatable bonds is 6. The van der Waals surface area contributed by atoms with Crippen LogP contribution in [-0.4, -0.2) is 25.3 Å². The lowest BCUT2D eigenvalue weighted by molar-refractivity contribution is -0.136. The molecule has 0 bridgehead atoms. The zero-order valence-corrected chi connectivity index (χ0v) is 15.6. The number of aliphatic carboxylic acids is 1. The fraction of sp³-hybridized carbons (Fsp3) is 0.316. The summed E-state index contributed by atoms with van der Waals surface area (Å²) in [5.41, 5.74) is 1.89. The van der Waals surface area contributed by atoms with Crippen LogP contribution in [0.5, 0.6) is 11.5 Å². The summed E-state index contributed by atoms with van der Waals surface area (Å²) < 4.78 is 10.5. The van der Waals surface area contributed by atoms with E-state index >= 15 is 0 Å². The summed E-state index contributed by atoms with van der Waals surface area (Å²) >= 11 is 1.51. The van der Waals surface area contributed by atoms with Gasteiger partial charge in [-0.3, -0.25) is 4.79 Å². The predicted octanol–water partition coefficient (Wildman–Crippen LogP) is 4.82. The van der Waals surface area contributed by atoms with Crippen molar-refractivity contribution in [1.29, 1.82) is 0 Å². The molecular weight excluding hydrogens is 324 g/mol. The Kier molecular flexibility index (Phi) is 8.19. The highest BCUT2D eigenvalue weighted by Gasteiger charge is 2.10. The molecule has 2 rings (SSSR count). The SMILES string of the molecule is CC.COc1cc(OC)cc(Sc2cc(C)ccc2CC(=O)O)c1. The molecule has 1 N–H and O–H groups in total. The van der Waals surface area contributed by atoms with E-state index < -0.39 is 5.97 Å². The first-order chi connectivity index (χ1) is 11.5. The van der Waals surface area contributed by atoms with Gasteiger partial charge in [0.25, 0.3) is 0 Å². The number of aryl methyl sites for hydroxylation is 1. The monoisotopic (exact) mass is 348 g/mol. The standard InChI is InChI=1S/C17H18O4S.C2H6/c1-11-4-5-12(7-17(18)19)16(6-11)22-15-9-13(20-2)8-14(10-15)21-3;1-2/h4-6,8-10H,7H2,1-3H3,(H,18,19);1-2H3. The lowest BCUT2D eigenvalue weighted by Crippen LogP contribution is -2.01. The van der Waals surface area contributed by atoms with E-state index in [9.17, 15) is 4.79 Å².